The first-order valence-corrected chi connectivity index (χ1v) is 10.5. The minimum atomic E-state index is -0.255. The van der Waals surface area contributed by atoms with E-state index in [1.165, 1.54) is 12.0 Å². The van der Waals surface area contributed by atoms with Gasteiger partial charge in [-0.3, -0.25) is 4.79 Å². The van der Waals surface area contributed by atoms with Crippen LogP contribution in [0.2, 0.25) is 0 Å². The van der Waals surface area contributed by atoms with E-state index in [2.05, 4.69) is 51.1 Å². The lowest BCUT2D eigenvalue weighted by molar-refractivity contribution is -0.249. The van der Waals surface area contributed by atoms with Crippen LogP contribution in [0.3, 0.4) is 0 Å². The van der Waals surface area contributed by atoms with E-state index in [1.807, 2.05) is 24.1 Å². The molecule has 0 radical (unpaired) electrons. The summed E-state index contributed by atoms with van der Waals surface area (Å²) in [4.78, 5) is 14.7. The standard InChI is InChI=1S/C24H31NO2/c1-5-11-25-20-16(12-15-9-7-6-8-10-15)17-13-18-19(23(18,2)3)14-24(17,4)27-21(20)22(25)26/h5-11,16-21H,12-14H2,1-4H3/b11-5+/t16-,17?,18-,19+,20+,21-,24-/m1/s1. The molecule has 0 aromatic heterocycles. The lowest BCUT2D eigenvalue weighted by Crippen LogP contribution is -2.74. The molecule has 2 saturated heterocycles. The van der Waals surface area contributed by atoms with Gasteiger partial charge < -0.3 is 9.64 Å². The third kappa shape index (κ3) is 2.40. The summed E-state index contributed by atoms with van der Waals surface area (Å²) in [6.45, 7) is 9.11. The van der Waals surface area contributed by atoms with Crippen molar-refractivity contribution in [2.75, 3.05) is 0 Å². The Balaban J connectivity index is 1.51. The fraction of sp³-hybridized carbons (Fsp3) is 0.625. The highest BCUT2D eigenvalue weighted by atomic mass is 16.5. The number of likely N-dealkylation sites (tertiary alicyclic amines) is 1. The first-order valence-electron chi connectivity index (χ1n) is 10.5. The molecule has 1 unspecified atom stereocenters. The summed E-state index contributed by atoms with van der Waals surface area (Å²) in [5.41, 5.74) is 1.66. The Labute approximate surface area is 162 Å². The van der Waals surface area contributed by atoms with Crippen molar-refractivity contribution in [3.05, 3.63) is 48.2 Å². The monoisotopic (exact) mass is 365 g/mol. The summed E-state index contributed by atoms with van der Waals surface area (Å²) in [5.74, 6) is 2.70. The number of nitrogens with zero attached hydrogens (tertiary/aromatic N) is 1. The summed E-state index contributed by atoms with van der Waals surface area (Å²) < 4.78 is 6.60. The number of allylic oxidation sites excluding steroid dienone is 1. The molecule has 0 spiro atoms. The number of rotatable bonds is 3. The third-order valence-electron chi connectivity index (χ3n) is 8.31. The fourth-order valence-corrected chi connectivity index (χ4v) is 6.67. The molecule has 0 N–H and O–H groups in total. The smallest absolute Gasteiger partial charge is 0.258 e. The van der Waals surface area contributed by atoms with E-state index in [4.69, 9.17) is 4.74 Å². The summed E-state index contributed by atoms with van der Waals surface area (Å²) >= 11 is 0. The summed E-state index contributed by atoms with van der Waals surface area (Å²) in [5, 5.41) is 0. The van der Waals surface area contributed by atoms with Crippen LogP contribution in [0.4, 0.5) is 0 Å². The number of ether oxygens (including phenoxy) is 1. The SMILES string of the molecule is C/C=C/N1C(=O)[C@@H]2O[C@]3(C)C[C@H]4[C@@H](CC3[C@@H](Cc3ccccc3)[C@@H]21)C4(C)C. The number of hydrogen-bond acceptors (Lipinski definition) is 2. The molecule has 2 heterocycles. The van der Waals surface area contributed by atoms with Crippen molar-refractivity contribution >= 4 is 5.91 Å². The number of fused-ring (bicyclic) bond motifs is 3. The number of carbonyl (C=O) groups is 1. The second kappa shape index (κ2) is 5.70. The van der Waals surface area contributed by atoms with Gasteiger partial charge in [-0.2, -0.15) is 0 Å². The van der Waals surface area contributed by atoms with Crippen molar-refractivity contribution in [3.63, 3.8) is 0 Å². The van der Waals surface area contributed by atoms with Gasteiger partial charge in [0.25, 0.3) is 5.91 Å². The van der Waals surface area contributed by atoms with Crippen molar-refractivity contribution in [1.82, 2.24) is 4.90 Å². The van der Waals surface area contributed by atoms with Crippen molar-refractivity contribution < 1.29 is 9.53 Å². The van der Waals surface area contributed by atoms with Crippen molar-refractivity contribution in [2.45, 2.75) is 64.7 Å². The highest BCUT2D eigenvalue weighted by Gasteiger charge is 2.70. The zero-order chi connectivity index (χ0) is 19.0. The normalized spacial score (nSPS) is 44.3. The van der Waals surface area contributed by atoms with Crippen molar-refractivity contribution in [1.29, 1.82) is 0 Å². The predicted molar refractivity (Wildman–Crippen MR) is 106 cm³/mol. The molecule has 1 aromatic rings. The summed E-state index contributed by atoms with van der Waals surface area (Å²) in [6.07, 6.45) is 7.07. The summed E-state index contributed by atoms with van der Waals surface area (Å²) in [6, 6.07) is 11.0. The second-order valence-electron chi connectivity index (χ2n) is 10.0. The highest BCUT2D eigenvalue weighted by molar-refractivity contribution is 5.90. The molecule has 3 heteroatoms. The van der Waals surface area contributed by atoms with Gasteiger partial charge in [0.15, 0.2) is 6.10 Å². The average Bonchev–Trinajstić information content (AvgIpc) is 3.17. The Morgan fingerprint density at radius 2 is 1.89 bits per heavy atom. The Kier molecular flexibility index (Phi) is 3.69. The Hall–Kier alpha value is -1.61. The lowest BCUT2D eigenvalue weighted by atomic mass is 9.61. The van der Waals surface area contributed by atoms with Gasteiger partial charge in [-0.1, -0.05) is 50.3 Å². The van der Waals surface area contributed by atoms with E-state index in [9.17, 15) is 4.79 Å². The van der Waals surface area contributed by atoms with Crippen LogP contribution in [0, 0.1) is 29.1 Å². The van der Waals surface area contributed by atoms with Gasteiger partial charge in [-0.15, -0.1) is 0 Å². The Morgan fingerprint density at radius 1 is 1.15 bits per heavy atom. The average molecular weight is 366 g/mol. The molecule has 2 saturated carbocycles. The van der Waals surface area contributed by atoms with E-state index in [0.717, 1.165) is 24.7 Å². The molecule has 1 amide bonds. The predicted octanol–water partition coefficient (Wildman–Crippen LogP) is 4.43. The first-order chi connectivity index (χ1) is 12.9. The van der Waals surface area contributed by atoms with Gasteiger partial charge in [0, 0.05) is 6.20 Å². The van der Waals surface area contributed by atoms with Gasteiger partial charge >= 0.3 is 0 Å². The zero-order valence-corrected chi connectivity index (χ0v) is 16.9. The molecular formula is C24H31NO2. The van der Waals surface area contributed by atoms with Crippen LogP contribution in [-0.2, 0) is 16.0 Å². The maximum absolute atomic E-state index is 12.8. The van der Waals surface area contributed by atoms with E-state index < -0.39 is 0 Å². The molecule has 3 nitrogen and oxygen atoms in total. The van der Waals surface area contributed by atoms with Crippen LogP contribution < -0.4 is 0 Å². The van der Waals surface area contributed by atoms with E-state index in [-0.39, 0.29) is 23.7 Å². The van der Waals surface area contributed by atoms with Crippen molar-refractivity contribution in [3.8, 4) is 0 Å². The van der Waals surface area contributed by atoms with Gasteiger partial charge in [0.1, 0.15) is 0 Å². The fourth-order valence-electron chi connectivity index (χ4n) is 6.67. The van der Waals surface area contributed by atoms with Crippen LogP contribution >= 0.6 is 0 Å². The molecule has 2 aliphatic heterocycles. The molecule has 5 rings (SSSR count). The lowest BCUT2D eigenvalue weighted by Gasteiger charge is -2.61. The van der Waals surface area contributed by atoms with E-state index in [0.29, 0.717) is 17.3 Å². The van der Waals surface area contributed by atoms with Crippen LogP contribution in [0.15, 0.2) is 42.6 Å². The topological polar surface area (TPSA) is 29.5 Å². The van der Waals surface area contributed by atoms with Gasteiger partial charge in [0.05, 0.1) is 11.6 Å². The molecule has 1 aromatic carbocycles. The number of carbonyl (C=O) groups excluding carboxylic acids is 1. The molecule has 27 heavy (non-hydrogen) atoms. The van der Waals surface area contributed by atoms with Crippen LogP contribution in [0.25, 0.3) is 0 Å². The van der Waals surface area contributed by atoms with Gasteiger partial charge in [-0.25, -0.2) is 0 Å². The molecule has 7 atom stereocenters. The highest BCUT2D eigenvalue weighted by Crippen LogP contribution is 2.70. The molecule has 144 valence electrons. The number of benzene rings is 1. The molecule has 2 aliphatic carbocycles. The Bertz CT molecular complexity index is 785. The Morgan fingerprint density at radius 3 is 2.59 bits per heavy atom. The molecule has 4 aliphatic rings. The van der Waals surface area contributed by atoms with E-state index >= 15 is 0 Å². The molecule has 0 bridgehead atoms. The molecular weight excluding hydrogens is 334 g/mol. The quantitative estimate of drug-likeness (QED) is 0.742. The third-order valence-corrected chi connectivity index (χ3v) is 8.31. The molecule has 4 fully saturated rings. The minimum Gasteiger partial charge on any atom is -0.360 e. The maximum Gasteiger partial charge on any atom is 0.258 e. The first kappa shape index (κ1) is 17.5. The number of β-lactam (4-membered cyclic amide) rings is 1. The van der Waals surface area contributed by atoms with Gasteiger partial charge in [-0.05, 0) is 67.8 Å². The number of hydrogen-bond donors (Lipinski definition) is 0. The zero-order valence-electron chi connectivity index (χ0n) is 16.9. The second-order valence-corrected chi connectivity index (χ2v) is 10.0. The summed E-state index contributed by atoms with van der Waals surface area (Å²) in [7, 11) is 0. The van der Waals surface area contributed by atoms with Crippen molar-refractivity contribution in [2.24, 2.45) is 29.1 Å². The van der Waals surface area contributed by atoms with Crippen LogP contribution in [0.1, 0.15) is 46.1 Å². The van der Waals surface area contributed by atoms with Gasteiger partial charge in [0.2, 0.25) is 0 Å². The van der Waals surface area contributed by atoms with E-state index in [1.54, 1.807) is 0 Å². The minimum absolute atomic E-state index is 0.146. The number of amides is 1. The van der Waals surface area contributed by atoms with Crippen LogP contribution in [0.5, 0.6) is 0 Å². The largest absolute Gasteiger partial charge is 0.360 e. The maximum atomic E-state index is 12.8. The van der Waals surface area contributed by atoms with Crippen LogP contribution in [-0.4, -0.2) is 28.6 Å².